The van der Waals surface area contributed by atoms with Crippen molar-refractivity contribution in [3.8, 4) is 0 Å². The minimum Gasteiger partial charge on any atom is -0.393 e. The summed E-state index contributed by atoms with van der Waals surface area (Å²) >= 11 is 0. The monoisotopic (exact) mass is 147 g/mol. The number of aliphatic hydroxyl groups is 1. The molecule has 1 fully saturated rings. The lowest BCUT2D eigenvalue weighted by Crippen LogP contribution is -2.51. The molecule has 0 aliphatic carbocycles. The molecule has 2 nitrogen and oxygen atoms in total. The highest BCUT2D eigenvalue weighted by molar-refractivity contribution is 4.83. The largest absolute Gasteiger partial charge is 0.393 e. The number of hydrogen-bond acceptors (Lipinski definition) is 2. The Kier molecular flexibility index (Phi) is 2.63. The number of rotatable bonds is 3. The number of nitrogens with zero attached hydrogens (tertiary/aromatic N) is 1. The van der Waals surface area contributed by atoms with Crippen molar-refractivity contribution in [2.45, 2.75) is 13.1 Å². The second-order valence-electron chi connectivity index (χ2n) is 2.81. The van der Waals surface area contributed by atoms with Crippen molar-refractivity contribution in [2.75, 3.05) is 26.2 Å². The van der Waals surface area contributed by atoms with Crippen molar-refractivity contribution in [1.82, 2.24) is 4.90 Å². The van der Waals surface area contributed by atoms with E-state index in [1.807, 2.05) is 0 Å². The van der Waals surface area contributed by atoms with Gasteiger partial charge in [-0.05, 0) is 6.54 Å². The van der Waals surface area contributed by atoms with E-state index in [2.05, 4.69) is 11.8 Å². The summed E-state index contributed by atoms with van der Waals surface area (Å²) in [5.41, 5.74) is 0. The molecule has 1 atom stereocenters. The van der Waals surface area contributed by atoms with E-state index in [9.17, 15) is 4.39 Å². The second kappa shape index (κ2) is 3.30. The van der Waals surface area contributed by atoms with E-state index >= 15 is 0 Å². The van der Waals surface area contributed by atoms with E-state index in [4.69, 9.17) is 5.11 Å². The Morgan fingerprint density at radius 3 is 2.70 bits per heavy atom. The summed E-state index contributed by atoms with van der Waals surface area (Å²) in [6.45, 7) is 4.37. The first-order valence-electron chi connectivity index (χ1n) is 3.75. The van der Waals surface area contributed by atoms with E-state index in [0.29, 0.717) is 0 Å². The standard InChI is InChI=1S/C7H14FNO/c1-2-9-3-6(4-9)7(8)5-10/h6-7,10H,2-5H2,1H3. The van der Waals surface area contributed by atoms with Crippen LogP contribution in [-0.2, 0) is 0 Å². The van der Waals surface area contributed by atoms with Crippen LogP contribution in [0.5, 0.6) is 0 Å². The van der Waals surface area contributed by atoms with Gasteiger partial charge in [0.1, 0.15) is 6.17 Å². The van der Waals surface area contributed by atoms with E-state index in [1.54, 1.807) is 0 Å². The average Bonchev–Trinajstić information content (AvgIpc) is 1.85. The van der Waals surface area contributed by atoms with Gasteiger partial charge in [-0.15, -0.1) is 0 Å². The van der Waals surface area contributed by atoms with Gasteiger partial charge in [0.25, 0.3) is 0 Å². The van der Waals surface area contributed by atoms with Gasteiger partial charge in [0.2, 0.25) is 0 Å². The van der Waals surface area contributed by atoms with Crippen LogP contribution >= 0.6 is 0 Å². The summed E-state index contributed by atoms with van der Waals surface area (Å²) in [4.78, 5) is 2.16. The fourth-order valence-electron chi connectivity index (χ4n) is 1.25. The Morgan fingerprint density at radius 2 is 2.30 bits per heavy atom. The zero-order valence-corrected chi connectivity index (χ0v) is 6.26. The molecular weight excluding hydrogens is 133 g/mol. The molecule has 1 heterocycles. The van der Waals surface area contributed by atoms with Crippen LogP contribution in [-0.4, -0.2) is 42.4 Å². The second-order valence-corrected chi connectivity index (χ2v) is 2.81. The highest BCUT2D eigenvalue weighted by Gasteiger charge is 2.31. The van der Waals surface area contributed by atoms with Gasteiger partial charge in [-0.25, -0.2) is 4.39 Å². The minimum absolute atomic E-state index is 0.0879. The summed E-state index contributed by atoms with van der Waals surface area (Å²) in [5, 5.41) is 8.44. The number of likely N-dealkylation sites (tertiary alicyclic amines) is 1. The van der Waals surface area contributed by atoms with Gasteiger partial charge in [0.05, 0.1) is 6.61 Å². The number of alkyl halides is 1. The molecule has 1 saturated heterocycles. The normalized spacial score (nSPS) is 24.3. The molecule has 0 aromatic carbocycles. The fraction of sp³-hybridized carbons (Fsp3) is 1.00. The van der Waals surface area contributed by atoms with Crippen molar-refractivity contribution < 1.29 is 9.50 Å². The van der Waals surface area contributed by atoms with Gasteiger partial charge in [0, 0.05) is 19.0 Å². The highest BCUT2D eigenvalue weighted by Crippen LogP contribution is 2.20. The van der Waals surface area contributed by atoms with Crippen molar-refractivity contribution in [2.24, 2.45) is 5.92 Å². The van der Waals surface area contributed by atoms with Crippen LogP contribution in [0, 0.1) is 5.92 Å². The molecule has 3 heteroatoms. The van der Waals surface area contributed by atoms with E-state index in [0.717, 1.165) is 19.6 Å². The lowest BCUT2D eigenvalue weighted by Gasteiger charge is -2.39. The Bertz CT molecular complexity index is 104. The summed E-state index contributed by atoms with van der Waals surface area (Å²) < 4.78 is 12.6. The Labute approximate surface area is 60.6 Å². The van der Waals surface area contributed by atoms with Crippen molar-refractivity contribution in [1.29, 1.82) is 0 Å². The zero-order valence-electron chi connectivity index (χ0n) is 6.26. The van der Waals surface area contributed by atoms with Crippen LogP contribution in [0.4, 0.5) is 4.39 Å². The molecule has 0 radical (unpaired) electrons. The molecule has 0 bridgehead atoms. The number of aliphatic hydroxyl groups excluding tert-OH is 1. The van der Waals surface area contributed by atoms with Gasteiger partial charge in [0.15, 0.2) is 0 Å². The SMILES string of the molecule is CCN1CC(C(F)CO)C1. The van der Waals surface area contributed by atoms with Crippen LogP contribution in [0.2, 0.25) is 0 Å². The minimum atomic E-state index is -0.997. The number of hydrogen-bond donors (Lipinski definition) is 1. The van der Waals surface area contributed by atoms with Crippen molar-refractivity contribution in [3.63, 3.8) is 0 Å². The summed E-state index contributed by atoms with van der Waals surface area (Å²) in [7, 11) is 0. The van der Waals surface area contributed by atoms with Gasteiger partial charge in [-0.1, -0.05) is 6.92 Å². The molecule has 0 aromatic rings. The van der Waals surface area contributed by atoms with Gasteiger partial charge in [-0.2, -0.15) is 0 Å². The fourth-order valence-corrected chi connectivity index (χ4v) is 1.25. The lowest BCUT2D eigenvalue weighted by molar-refractivity contribution is 0.0169. The molecule has 0 aromatic heterocycles. The van der Waals surface area contributed by atoms with Crippen LogP contribution < -0.4 is 0 Å². The van der Waals surface area contributed by atoms with Crippen LogP contribution in [0.25, 0.3) is 0 Å². The third-order valence-corrected chi connectivity index (χ3v) is 2.12. The molecule has 1 aliphatic heterocycles. The van der Waals surface area contributed by atoms with Gasteiger partial charge >= 0.3 is 0 Å². The molecule has 60 valence electrons. The predicted molar refractivity (Wildman–Crippen MR) is 37.6 cm³/mol. The molecule has 1 rings (SSSR count). The van der Waals surface area contributed by atoms with Crippen LogP contribution in [0.3, 0.4) is 0 Å². The Morgan fingerprint density at radius 1 is 1.70 bits per heavy atom. The maximum absolute atomic E-state index is 12.6. The molecule has 1 aliphatic rings. The van der Waals surface area contributed by atoms with Crippen LogP contribution in [0.15, 0.2) is 0 Å². The third-order valence-electron chi connectivity index (χ3n) is 2.12. The maximum Gasteiger partial charge on any atom is 0.128 e. The maximum atomic E-state index is 12.6. The summed E-state index contributed by atoms with van der Waals surface area (Å²) in [5.74, 6) is 0.0879. The van der Waals surface area contributed by atoms with Crippen molar-refractivity contribution >= 4 is 0 Å². The first-order valence-corrected chi connectivity index (χ1v) is 3.75. The predicted octanol–water partition coefficient (Wildman–Crippen LogP) is 0.269. The molecular formula is C7H14FNO. The Hall–Kier alpha value is -0.150. The molecule has 1 N–H and O–H groups in total. The zero-order chi connectivity index (χ0) is 7.56. The smallest absolute Gasteiger partial charge is 0.128 e. The van der Waals surface area contributed by atoms with E-state index in [1.165, 1.54) is 0 Å². The molecule has 0 spiro atoms. The highest BCUT2D eigenvalue weighted by atomic mass is 19.1. The third kappa shape index (κ3) is 1.47. The van der Waals surface area contributed by atoms with E-state index < -0.39 is 6.17 Å². The first kappa shape index (κ1) is 7.95. The van der Waals surface area contributed by atoms with E-state index in [-0.39, 0.29) is 12.5 Å². The summed E-state index contributed by atoms with van der Waals surface area (Å²) in [6, 6.07) is 0. The number of halogens is 1. The summed E-state index contributed by atoms with van der Waals surface area (Å²) in [6.07, 6.45) is -0.997. The average molecular weight is 147 g/mol. The molecule has 10 heavy (non-hydrogen) atoms. The molecule has 0 amide bonds. The first-order chi connectivity index (χ1) is 4.77. The van der Waals surface area contributed by atoms with Crippen LogP contribution in [0.1, 0.15) is 6.92 Å². The quantitative estimate of drug-likeness (QED) is 0.619. The van der Waals surface area contributed by atoms with Crippen molar-refractivity contribution in [3.05, 3.63) is 0 Å². The Balaban J connectivity index is 2.13. The van der Waals surface area contributed by atoms with Gasteiger partial charge in [-0.3, -0.25) is 0 Å². The molecule has 0 saturated carbocycles. The topological polar surface area (TPSA) is 23.5 Å². The lowest BCUT2D eigenvalue weighted by atomic mass is 9.95. The molecule has 1 unspecified atom stereocenters. The van der Waals surface area contributed by atoms with Gasteiger partial charge < -0.3 is 10.0 Å².